The molecular weight excluding hydrogens is 358 g/mol. The summed E-state index contributed by atoms with van der Waals surface area (Å²) < 4.78 is 5.38. The maximum atomic E-state index is 12.7. The van der Waals surface area contributed by atoms with Crippen LogP contribution in [0.5, 0.6) is 0 Å². The van der Waals surface area contributed by atoms with Crippen molar-refractivity contribution in [3.63, 3.8) is 0 Å². The molecule has 3 rings (SSSR count). The van der Waals surface area contributed by atoms with Gasteiger partial charge in [0, 0.05) is 37.3 Å². The van der Waals surface area contributed by atoms with E-state index in [1.165, 1.54) is 6.20 Å². The van der Waals surface area contributed by atoms with Gasteiger partial charge in [-0.25, -0.2) is 9.78 Å². The van der Waals surface area contributed by atoms with E-state index in [4.69, 9.17) is 10.5 Å². The summed E-state index contributed by atoms with van der Waals surface area (Å²) in [6, 6.07) is 7.22. The predicted molar refractivity (Wildman–Crippen MR) is 106 cm³/mol. The number of benzene rings is 1. The third kappa shape index (κ3) is 4.76. The number of amides is 2. The number of nitrogens with two attached hydrogens (primary N) is 1. The third-order valence-corrected chi connectivity index (χ3v) is 4.32. The first kappa shape index (κ1) is 19.6. The zero-order valence-electron chi connectivity index (χ0n) is 16.4. The molecule has 0 saturated carbocycles. The average molecular weight is 383 g/mol. The van der Waals surface area contributed by atoms with Gasteiger partial charge in [-0.05, 0) is 32.9 Å². The highest BCUT2D eigenvalue weighted by Crippen LogP contribution is 2.19. The number of nitrogen functional groups attached to an aromatic ring is 1. The highest BCUT2D eigenvalue weighted by molar-refractivity contribution is 5.94. The lowest BCUT2D eigenvalue weighted by Gasteiger charge is -2.35. The first-order chi connectivity index (χ1) is 13.2. The zero-order valence-corrected chi connectivity index (χ0v) is 16.4. The second-order valence-corrected chi connectivity index (χ2v) is 7.66. The summed E-state index contributed by atoms with van der Waals surface area (Å²) >= 11 is 0. The van der Waals surface area contributed by atoms with E-state index in [0.717, 1.165) is 5.56 Å². The van der Waals surface area contributed by atoms with Crippen LogP contribution in [0.4, 0.5) is 10.6 Å². The van der Waals surface area contributed by atoms with Crippen molar-refractivity contribution in [1.82, 2.24) is 19.8 Å². The van der Waals surface area contributed by atoms with Crippen LogP contribution in [0.25, 0.3) is 11.3 Å². The van der Waals surface area contributed by atoms with Crippen LogP contribution in [-0.4, -0.2) is 63.5 Å². The molecule has 2 heterocycles. The Hall–Kier alpha value is -3.16. The van der Waals surface area contributed by atoms with E-state index < -0.39 is 5.60 Å². The van der Waals surface area contributed by atoms with Crippen LogP contribution in [-0.2, 0) is 4.74 Å². The van der Waals surface area contributed by atoms with Crippen molar-refractivity contribution in [3.8, 4) is 11.3 Å². The molecule has 0 atom stereocenters. The van der Waals surface area contributed by atoms with Gasteiger partial charge in [0.1, 0.15) is 11.4 Å². The van der Waals surface area contributed by atoms with Crippen molar-refractivity contribution in [3.05, 3.63) is 42.2 Å². The summed E-state index contributed by atoms with van der Waals surface area (Å²) in [6.07, 6.45) is 2.76. The Balaban J connectivity index is 1.59. The van der Waals surface area contributed by atoms with Gasteiger partial charge < -0.3 is 20.3 Å². The second-order valence-electron chi connectivity index (χ2n) is 7.66. The fourth-order valence-electron chi connectivity index (χ4n) is 2.87. The second kappa shape index (κ2) is 7.84. The van der Waals surface area contributed by atoms with Crippen LogP contribution in [0, 0.1) is 0 Å². The number of piperazine rings is 1. The highest BCUT2D eigenvalue weighted by atomic mass is 16.6. The van der Waals surface area contributed by atoms with Gasteiger partial charge in [-0.1, -0.05) is 12.1 Å². The normalized spacial score (nSPS) is 14.7. The minimum absolute atomic E-state index is 0.0567. The molecule has 2 aromatic rings. The Morgan fingerprint density at radius 1 is 0.964 bits per heavy atom. The van der Waals surface area contributed by atoms with Gasteiger partial charge in [0.2, 0.25) is 0 Å². The fraction of sp³-hybridized carbons (Fsp3) is 0.400. The van der Waals surface area contributed by atoms with Gasteiger partial charge >= 0.3 is 6.09 Å². The number of hydrogen-bond donors (Lipinski definition) is 1. The minimum Gasteiger partial charge on any atom is -0.444 e. The van der Waals surface area contributed by atoms with E-state index in [-0.39, 0.29) is 12.0 Å². The smallest absolute Gasteiger partial charge is 0.410 e. The Morgan fingerprint density at radius 2 is 1.57 bits per heavy atom. The monoisotopic (exact) mass is 383 g/mol. The lowest BCUT2D eigenvalue weighted by atomic mass is 10.1. The fourth-order valence-corrected chi connectivity index (χ4v) is 2.87. The highest BCUT2D eigenvalue weighted by Gasteiger charge is 2.28. The number of rotatable bonds is 2. The average Bonchev–Trinajstić information content (AvgIpc) is 2.67. The molecule has 0 aliphatic carbocycles. The molecule has 8 heteroatoms. The third-order valence-electron chi connectivity index (χ3n) is 4.32. The molecule has 0 spiro atoms. The molecular formula is C20H25N5O3. The molecule has 1 fully saturated rings. The van der Waals surface area contributed by atoms with E-state index in [1.807, 2.05) is 32.9 Å². The molecule has 8 nitrogen and oxygen atoms in total. The number of hydrogen-bond acceptors (Lipinski definition) is 6. The lowest BCUT2D eigenvalue weighted by Crippen LogP contribution is -2.51. The molecule has 2 N–H and O–H groups in total. The van der Waals surface area contributed by atoms with E-state index in [0.29, 0.717) is 43.3 Å². The zero-order chi connectivity index (χ0) is 20.3. The standard InChI is InChI=1S/C20H25N5O3/c1-20(2,3)28-19(27)25-10-8-24(9-11-25)18(26)15-6-4-14(5-7-15)16-12-23-17(21)13-22-16/h4-7,12-13H,8-11H2,1-3H3,(H2,21,23). The molecule has 1 aliphatic heterocycles. The molecule has 148 valence electrons. The van der Waals surface area contributed by atoms with Crippen molar-refractivity contribution in [2.75, 3.05) is 31.9 Å². The number of aromatic nitrogens is 2. The molecule has 28 heavy (non-hydrogen) atoms. The quantitative estimate of drug-likeness (QED) is 0.854. The molecule has 1 saturated heterocycles. The van der Waals surface area contributed by atoms with Crippen LogP contribution < -0.4 is 5.73 Å². The first-order valence-corrected chi connectivity index (χ1v) is 9.18. The van der Waals surface area contributed by atoms with Crippen molar-refractivity contribution in [2.24, 2.45) is 0 Å². The van der Waals surface area contributed by atoms with E-state index in [9.17, 15) is 9.59 Å². The van der Waals surface area contributed by atoms with Gasteiger partial charge in [0.15, 0.2) is 0 Å². The Kier molecular flexibility index (Phi) is 5.48. The number of carbonyl (C=O) groups excluding carboxylic acids is 2. The van der Waals surface area contributed by atoms with Crippen LogP contribution in [0.1, 0.15) is 31.1 Å². The molecule has 1 aromatic heterocycles. The van der Waals surface area contributed by atoms with E-state index >= 15 is 0 Å². The van der Waals surface area contributed by atoms with Crippen LogP contribution in [0.15, 0.2) is 36.7 Å². The van der Waals surface area contributed by atoms with Crippen LogP contribution in [0.2, 0.25) is 0 Å². The van der Waals surface area contributed by atoms with Gasteiger partial charge in [0.25, 0.3) is 5.91 Å². The largest absolute Gasteiger partial charge is 0.444 e. The van der Waals surface area contributed by atoms with Crippen molar-refractivity contribution in [1.29, 1.82) is 0 Å². The first-order valence-electron chi connectivity index (χ1n) is 9.18. The number of nitrogens with zero attached hydrogens (tertiary/aromatic N) is 4. The van der Waals surface area contributed by atoms with Crippen molar-refractivity contribution < 1.29 is 14.3 Å². The maximum absolute atomic E-state index is 12.7. The Morgan fingerprint density at radius 3 is 2.11 bits per heavy atom. The van der Waals surface area contributed by atoms with Gasteiger partial charge in [-0.15, -0.1) is 0 Å². The molecule has 0 radical (unpaired) electrons. The van der Waals surface area contributed by atoms with E-state index in [2.05, 4.69) is 9.97 Å². The Bertz CT molecular complexity index is 836. The lowest BCUT2D eigenvalue weighted by molar-refractivity contribution is 0.0141. The maximum Gasteiger partial charge on any atom is 0.410 e. The number of carbonyl (C=O) groups is 2. The number of ether oxygens (including phenoxy) is 1. The van der Waals surface area contributed by atoms with Crippen molar-refractivity contribution >= 4 is 17.8 Å². The van der Waals surface area contributed by atoms with Gasteiger partial charge in [-0.2, -0.15) is 0 Å². The summed E-state index contributed by atoms with van der Waals surface area (Å²) in [5, 5.41) is 0. The molecule has 0 unspecified atom stereocenters. The SMILES string of the molecule is CC(C)(C)OC(=O)N1CCN(C(=O)c2ccc(-c3cnc(N)cn3)cc2)CC1. The Labute approximate surface area is 164 Å². The summed E-state index contributed by atoms with van der Waals surface area (Å²) in [6.45, 7) is 7.38. The molecule has 0 bridgehead atoms. The summed E-state index contributed by atoms with van der Waals surface area (Å²) in [5.41, 5.74) is 7.18. The van der Waals surface area contributed by atoms with E-state index in [1.54, 1.807) is 28.1 Å². The minimum atomic E-state index is -0.527. The molecule has 1 aromatic carbocycles. The van der Waals surface area contributed by atoms with Gasteiger partial charge in [-0.3, -0.25) is 9.78 Å². The van der Waals surface area contributed by atoms with Crippen LogP contribution in [0.3, 0.4) is 0 Å². The topological polar surface area (TPSA) is 102 Å². The summed E-state index contributed by atoms with van der Waals surface area (Å²) in [7, 11) is 0. The summed E-state index contributed by atoms with van der Waals surface area (Å²) in [5.74, 6) is 0.305. The summed E-state index contributed by atoms with van der Waals surface area (Å²) in [4.78, 5) is 36.5. The van der Waals surface area contributed by atoms with Crippen molar-refractivity contribution in [2.45, 2.75) is 26.4 Å². The molecule has 1 aliphatic rings. The van der Waals surface area contributed by atoms with Crippen LogP contribution >= 0.6 is 0 Å². The predicted octanol–water partition coefficient (Wildman–Crippen LogP) is 2.42. The van der Waals surface area contributed by atoms with Gasteiger partial charge in [0.05, 0.1) is 18.1 Å². The molecule has 2 amide bonds. The number of anilines is 1.